The van der Waals surface area contributed by atoms with Crippen LogP contribution in [-0.4, -0.2) is 107 Å². The van der Waals surface area contributed by atoms with Crippen LogP contribution in [0.2, 0.25) is 5.02 Å². The normalized spacial score (nSPS) is 17.0. The number of carbonyl (C=O) groups excluding carboxylic acids is 2. The van der Waals surface area contributed by atoms with Crippen molar-refractivity contribution in [2.24, 2.45) is 11.8 Å². The number of imidazole rings is 1. The van der Waals surface area contributed by atoms with Crippen molar-refractivity contribution in [2.45, 2.75) is 32.8 Å². The third-order valence-electron chi connectivity index (χ3n) is 9.74. The number of piperazine rings is 1. The fraction of sp³-hybridized carbons (Fsp3) is 0.444. The summed E-state index contributed by atoms with van der Waals surface area (Å²) in [5.74, 6) is -3.07. The van der Waals surface area contributed by atoms with Crippen molar-refractivity contribution in [3.63, 3.8) is 0 Å². The van der Waals surface area contributed by atoms with Gasteiger partial charge in [0.2, 0.25) is 11.7 Å². The van der Waals surface area contributed by atoms with E-state index in [1.165, 1.54) is 29.4 Å². The molecule has 2 aromatic carbocycles. The summed E-state index contributed by atoms with van der Waals surface area (Å²) in [5.41, 5.74) is 0.981. The zero-order valence-corrected chi connectivity index (χ0v) is 29.7. The number of anilines is 2. The summed E-state index contributed by atoms with van der Waals surface area (Å²) in [4.78, 5) is 41.4. The first-order chi connectivity index (χ1) is 25.0. The highest BCUT2D eigenvalue weighted by Gasteiger charge is 2.30. The summed E-state index contributed by atoms with van der Waals surface area (Å²) < 4.78 is 60.0. The van der Waals surface area contributed by atoms with E-state index in [0.29, 0.717) is 43.3 Å². The van der Waals surface area contributed by atoms with Gasteiger partial charge in [-0.05, 0) is 82.2 Å². The number of aromatic nitrogens is 3. The fourth-order valence-corrected chi connectivity index (χ4v) is 7.13. The lowest BCUT2D eigenvalue weighted by Crippen LogP contribution is -2.52. The molecule has 2 aliphatic heterocycles. The van der Waals surface area contributed by atoms with Crippen molar-refractivity contribution < 1.29 is 31.9 Å². The number of fused-ring (bicyclic) bond motifs is 1. The topological polar surface area (TPSA) is 107 Å². The minimum Gasteiger partial charge on any atom is -0.432 e. The lowest BCUT2D eigenvalue weighted by atomic mass is 9.99. The van der Waals surface area contributed by atoms with Gasteiger partial charge in [-0.3, -0.25) is 14.0 Å². The lowest BCUT2D eigenvalue weighted by molar-refractivity contribution is -0.137. The van der Waals surface area contributed by atoms with E-state index in [2.05, 4.69) is 44.2 Å². The number of amides is 2. The summed E-state index contributed by atoms with van der Waals surface area (Å²) >= 11 is 6.61. The van der Waals surface area contributed by atoms with Gasteiger partial charge in [0.15, 0.2) is 23.0 Å². The molecule has 2 amide bonds. The number of alkyl halides is 2. The van der Waals surface area contributed by atoms with Gasteiger partial charge in [-0.25, -0.2) is 14.4 Å². The van der Waals surface area contributed by atoms with Crippen molar-refractivity contribution in [2.75, 3.05) is 64.7 Å². The Balaban J connectivity index is 1.06. The van der Waals surface area contributed by atoms with Crippen LogP contribution in [0.1, 0.15) is 36.5 Å². The van der Waals surface area contributed by atoms with Crippen LogP contribution in [0.15, 0.2) is 48.9 Å². The Hall–Kier alpha value is -4.47. The first-order valence-corrected chi connectivity index (χ1v) is 17.7. The van der Waals surface area contributed by atoms with E-state index < -0.39 is 24.0 Å². The molecule has 0 saturated carbocycles. The maximum atomic E-state index is 14.9. The number of nitrogens with one attached hydrogen (secondary N) is 2. The van der Waals surface area contributed by atoms with Crippen LogP contribution in [0, 0.1) is 23.5 Å². The molecule has 2 N–H and O–H groups in total. The number of halogens is 5. The second-order valence-electron chi connectivity index (χ2n) is 13.2. The number of carbonyl (C=O) groups is 2. The summed E-state index contributed by atoms with van der Waals surface area (Å²) in [6.45, 7) is 4.46. The highest BCUT2D eigenvalue weighted by Crippen LogP contribution is 2.33. The highest BCUT2D eigenvalue weighted by molar-refractivity contribution is 6.34. The molecule has 2 unspecified atom stereocenters. The number of ether oxygens (including phenoxy) is 1. The van der Waals surface area contributed by atoms with Crippen LogP contribution in [0.5, 0.6) is 5.75 Å². The average molecular weight is 745 g/mol. The van der Waals surface area contributed by atoms with Crippen LogP contribution in [0.3, 0.4) is 0 Å². The predicted octanol–water partition coefficient (Wildman–Crippen LogP) is 5.91. The first kappa shape index (κ1) is 37.3. The monoisotopic (exact) mass is 744 g/mol. The Kier molecular flexibility index (Phi) is 11.8. The number of hydrogen-bond acceptors (Lipinski definition) is 8. The maximum Gasteiger partial charge on any atom is 0.387 e. The van der Waals surface area contributed by atoms with Crippen LogP contribution in [0.4, 0.5) is 29.1 Å². The molecule has 2 atom stereocenters. The van der Waals surface area contributed by atoms with Crippen molar-refractivity contribution in [1.29, 1.82) is 0 Å². The van der Waals surface area contributed by atoms with E-state index in [1.54, 1.807) is 23.1 Å². The number of benzene rings is 2. The van der Waals surface area contributed by atoms with E-state index in [4.69, 9.17) is 11.6 Å². The first-order valence-electron chi connectivity index (χ1n) is 17.3. The van der Waals surface area contributed by atoms with Gasteiger partial charge < -0.3 is 30.1 Å². The van der Waals surface area contributed by atoms with Gasteiger partial charge in [-0.15, -0.1) is 0 Å². The molecular formula is C36H41ClF4N8O3. The van der Waals surface area contributed by atoms with E-state index >= 15 is 0 Å². The van der Waals surface area contributed by atoms with Crippen molar-refractivity contribution in [3.8, 4) is 17.0 Å². The molecule has 16 heteroatoms. The van der Waals surface area contributed by atoms with Crippen LogP contribution in [-0.2, 0) is 4.79 Å². The molecule has 4 aromatic rings. The maximum absolute atomic E-state index is 14.9. The molecule has 4 heterocycles. The number of rotatable bonds is 13. The quantitative estimate of drug-likeness (QED) is 0.163. The summed E-state index contributed by atoms with van der Waals surface area (Å²) in [6.07, 6.45) is 6.98. The van der Waals surface area contributed by atoms with Gasteiger partial charge in [0.1, 0.15) is 0 Å². The van der Waals surface area contributed by atoms with Crippen LogP contribution >= 0.6 is 11.6 Å². The lowest BCUT2D eigenvalue weighted by Gasteiger charge is -2.36. The highest BCUT2D eigenvalue weighted by atomic mass is 35.5. The smallest absolute Gasteiger partial charge is 0.387 e. The Morgan fingerprint density at radius 1 is 1.10 bits per heavy atom. The van der Waals surface area contributed by atoms with Crippen LogP contribution < -0.4 is 15.4 Å². The minimum absolute atomic E-state index is 0.0549. The minimum atomic E-state index is -3.31. The molecule has 0 spiro atoms. The molecule has 0 bridgehead atoms. The van der Waals surface area contributed by atoms with Crippen molar-refractivity contribution in [1.82, 2.24) is 34.4 Å². The van der Waals surface area contributed by atoms with Crippen molar-refractivity contribution >= 4 is 40.6 Å². The molecular weight excluding hydrogens is 704 g/mol. The van der Waals surface area contributed by atoms with E-state index in [1.807, 2.05) is 4.90 Å². The largest absolute Gasteiger partial charge is 0.432 e. The Morgan fingerprint density at radius 3 is 2.56 bits per heavy atom. The van der Waals surface area contributed by atoms with Gasteiger partial charge in [0, 0.05) is 62.3 Å². The third kappa shape index (κ3) is 8.26. The summed E-state index contributed by atoms with van der Waals surface area (Å²) in [5, 5.41) is 6.71. The predicted molar refractivity (Wildman–Crippen MR) is 189 cm³/mol. The zero-order chi connectivity index (χ0) is 36.9. The molecule has 0 aliphatic carbocycles. The van der Waals surface area contributed by atoms with Gasteiger partial charge in [0.25, 0.3) is 5.91 Å². The molecule has 2 fully saturated rings. The van der Waals surface area contributed by atoms with E-state index in [-0.39, 0.29) is 45.5 Å². The molecule has 2 aromatic heterocycles. The zero-order valence-electron chi connectivity index (χ0n) is 28.9. The second kappa shape index (κ2) is 16.5. The SMILES string of the molecule is CCC(CCN(C)CC1CCNC1)C(=O)N1CCN(C(=O)c2ccc(Nc3nccn4c(-c5ccc(OC(F)F)c(F)c5F)cnc34)cc2Cl)CC1. The van der Waals surface area contributed by atoms with Gasteiger partial charge in [-0.2, -0.15) is 13.2 Å². The Bertz CT molecular complexity index is 1900. The van der Waals surface area contributed by atoms with Gasteiger partial charge in [-0.1, -0.05) is 18.5 Å². The summed E-state index contributed by atoms with van der Waals surface area (Å²) in [6, 6.07) is 6.89. The van der Waals surface area contributed by atoms with Crippen molar-refractivity contribution in [3.05, 3.63) is 71.1 Å². The fourth-order valence-electron chi connectivity index (χ4n) is 6.87. The Labute approximate surface area is 303 Å². The van der Waals surface area contributed by atoms with Gasteiger partial charge in [0.05, 0.1) is 22.5 Å². The molecule has 6 rings (SSSR count). The Morgan fingerprint density at radius 2 is 1.87 bits per heavy atom. The van der Waals surface area contributed by atoms with Gasteiger partial charge >= 0.3 is 6.61 Å². The standard InChI is InChI=1S/C36H41ClF4N8O3/c1-3-23(9-12-46(2)21-22-8-10-42-19-22)34(50)47-14-16-48(17-15-47)35(51)25-5-4-24(18-27(25)37)45-32-33-44-20-28(49(33)13-11-43-32)26-6-7-29(52-36(40)41)31(39)30(26)38/h4-7,11,13,18,20,22-23,36,42H,3,8-10,12,14-17,19,21H2,1-2H3,(H,43,45). The molecule has 11 nitrogen and oxygen atoms in total. The average Bonchev–Trinajstić information content (AvgIpc) is 3.81. The number of hydrogen-bond donors (Lipinski definition) is 2. The van der Waals surface area contributed by atoms with Crippen LogP contribution in [0.25, 0.3) is 16.9 Å². The molecule has 2 saturated heterocycles. The van der Waals surface area contributed by atoms with E-state index in [0.717, 1.165) is 51.2 Å². The van der Waals surface area contributed by atoms with E-state index in [9.17, 15) is 27.2 Å². The summed E-state index contributed by atoms with van der Waals surface area (Å²) in [7, 11) is 2.12. The molecule has 278 valence electrons. The third-order valence-corrected chi connectivity index (χ3v) is 10.1. The molecule has 2 aliphatic rings. The molecule has 52 heavy (non-hydrogen) atoms. The second-order valence-corrected chi connectivity index (χ2v) is 13.6. The molecule has 0 radical (unpaired) electrons. The number of nitrogens with zero attached hydrogens (tertiary/aromatic N) is 6.